The lowest BCUT2D eigenvalue weighted by molar-refractivity contribution is -0.384. The molecular formula is C11H11N3O2S. The van der Waals surface area contributed by atoms with E-state index in [1.165, 1.54) is 17.4 Å². The van der Waals surface area contributed by atoms with Crippen LogP contribution >= 0.6 is 11.3 Å². The topological polar surface area (TPSA) is 68.1 Å². The molecule has 5 nitrogen and oxygen atoms in total. The zero-order chi connectivity index (χ0) is 12.3. The van der Waals surface area contributed by atoms with E-state index in [2.05, 4.69) is 10.3 Å². The third-order valence-electron chi connectivity index (χ3n) is 2.24. The summed E-state index contributed by atoms with van der Waals surface area (Å²) in [6.07, 6.45) is 0. The summed E-state index contributed by atoms with van der Waals surface area (Å²) >= 11 is 1.42. The molecule has 6 heteroatoms. The Morgan fingerprint density at radius 1 is 1.47 bits per heavy atom. The lowest BCUT2D eigenvalue weighted by Gasteiger charge is -1.98. The molecule has 0 aliphatic carbocycles. The highest BCUT2D eigenvalue weighted by Gasteiger charge is 2.16. The molecular weight excluding hydrogens is 238 g/mol. The third-order valence-corrected chi connectivity index (χ3v) is 3.17. The first-order chi connectivity index (χ1) is 8.22. The van der Waals surface area contributed by atoms with Gasteiger partial charge in [0, 0.05) is 18.0 Å². The highest BCUT2D eigenvalue weighted by molar-refractivity contribution is 7.13. The Balaban J connectivity index is 2.41. The van der Waals surface area contributed by atoms with Gasteiger partial charge in [-0.1, -0.05) is 12.1 Å². The fraction of sp³-hybridized carbons (Fsp3) is 0.182. The van der Waals surface area contributed by atoms with Crippen molar-refractivity contribution in [3.05, 3.63) is 45.5 Å². The number of nitrogens with zero attached hydrogens (tertiary/aromatic N) is 2. The number of rotatable bonds is 4. The summed E-state index contributed by atoms with van der Waals surface area (Å²) < 4.78 is 0. The summed E-state index contributed by atoms with van der Waals surface area (Å²) in [5.41, 5.74) is 1.56. The van der Waals surface area contributed by atoms with Crippen LogP contribution in [0.1, 0.15) is 5.69 Å². The maximum absolute atomic E-state index is 10.9. The first kappa shape index (κ1) is 11.7. The van der Waals surface area contributed by atoms with E-state index in [4.69, 9.17) is 0 Å². The number of nitrogens with one attached hydrogen (secondary N) is 1. The normalized spacial score (nSPS) is 10.4. The second-order valence-electron chi connectivity index (χ2n) is 3.45. The van der Waals surface area contributed by atoms with E-state index < -0.39 is 0 Å². The Labute approximate surface area is 102 Å². The van der Waals surface area contributed by atoms with Crippen LogP contribution in [0, 0.1) is 10.1 Å². The SMILES string of the molecule is CNCc1csc(-c2ccccc2[N+](=O)[O-])n1. The Kier molecular flexibility index (Phi) is 3.46. The minimum absolute atomic E-state index is 0.0952. The van der Waals surface area contributed by atoms with Crippen LogP contribution in [0.15, 0.2) is 29.6 Å². The molecule has 1 N–H and O–H groups in total. The fourth-order valence-electron chi connectivity index (χ4n) is 1.51. The van der Waals surface area contributed by atoms with Gasteiger partial charge in [-0.05, 0) is 13.1 Å². The van der Waals surface area contributed by atoms with Crippen LogP contribution in [-0.4, -0.2) is 17.0 Å². The van der Waals surface area contributed by atoms with Crippen molar-refractivity contribution in [1.29, 1.82) is 0 Å². The molecule has 0 aliphatic rings. The predicted octanol–water partition coefficient (Wildman–Crippen LogP) is 2.44. The number of aromatic nitrogens is 1. The number of nitro groups is 1. The van der Waals surface area contributed by atoms with Crippen molar-refractivity contribution < 1.29 is 4.92 Å². The molecule has 0 aliphatic heterocycles. The van der Waals surface area contributed by atoms with Crippen LogP contribution in [0.4, 0.5) is 5.69 Å². The highest BCUT2D eigenvalue weighted by Crippen LogP contribution is 2.31. The van der Waals surface area contributed by atoms with Gasteiger partial charge in [-0.25, -0.2) is 4.98 Å². The van der Waals surface area contributed by atoms with Gasteiger partial charge in [0.25, 0.3) is 5.69 Å². The van der Waals surface area contributed by atoms with Crippen LogP contribution in [0.3, 0.4) is 0 Å². The average Bonchev–Trinajstić information content (AvgIpc) is 2.78. The molecule has 88 valence electrons. The van der Waals surface area contributed by atoms with Crippen molar-refractivity contribution in [2.24, 2.45) is 0 Å². The van der Waals surface area contributed by atoms with Gasteiger partial charge in [-0.3, -0.25) is 10.1 Å². The molecule has 2 rings (SSSR count). The number of benzene rings is 1. The van der Waals surface area contributed by atoms with Gasteiger partial charge < -0.3 is 5.32 Å². The van der Waals surface area contributed by atoms with Gasteiger partial charge in [0.05, 0.1) is 16.2 Å². The number of hydrogen-bond acceptors (Lipinski definition) is 5. The lowest BCUT2D eigenvalue weighted by atomic mass is 10.2. The zero-order valence-corrected chi connectivity index (χ0v) is 10.0. The fourth-order valence-corrected chi connectivity index (χ4v) is 2.36. The minimum Gasteiger partial charge on any atom is -0.314 e. The Morgan fingerprint density at radius 3 is 2.94 bits per heavy atom. The van der Waals surface area contributed by atoms with Crippen LogP contribution < -0.4 is 5.32 Å². The molecule has 1 heterocycles. The van der Waals surface area contributed by atoms with Gasteiger partial charge >= 0.3 is 0 Å². The Bertz CT molecular complexity index is 539. The summed E-state index contributed by atoms with van der Waals surface area (Å²) in [5, 5.41) is 16.5. The molecule has 0 amide bonds. The Morgan fingerprint density at radius 2 is 2.24 bits per heavy atom. The van der Waals surface area contributed by atoms with E-state index in [0.29, 0.717) is 17.1 Å². The predicted molar refractivity (Wildman–Crippen MR) is 67.0 cm³/mol. The molecule has 1 aromatic heterocycles. The van der Waals surface area contributed by atoms with E-state index in [9.17, 15) is 10.1 Å². The largest absolute Gasteiger partial charge is 0.314 e. The van der Waals surface area contributed by atoms with Gasteiger partial charge in [0.1, 0.15) is 5.01 Å². The van der Waals surface area contributed by atoms with Gasteiger partial charge in [-0.2, -0.15) is 0 Å². The standard InChI is InChI=1S/C11H11N3O2S/c1-12-6-8-7-17-11(13-8)9-4-2-3-5-10(9)14(15)16/h2-5,7,12H,6H2,1H3. The molecule has 17 heavy (non-hydrogen) atoms. The van der Waals surface area contributed by atoms with Gasteiger partial charge in [-0.15, -0.1) is 11.3 Å². The maximum atomic E-state index is 10.9. The number of nitro benzene ring substituents is 1. The first-order valence-electron chi connectivity index (χ1n) is 5.05. The minimum atomic E-state index is -0.380. The van der Waals surface area contributed by atoms with E-state index in [1.807, 2.05) is 12.4 Å². The summed E-state index contributed by atoms with van der Waals surface area (Å²) in [6.45, 7) is 0.664. The van der Waals surface area contributed by atoms with E-state index >= 15 is 0 Å². The third kappa shape index (κ3) is 2.48. The van der Waals surface area contributed by atoms with Crippen LogP contribution in [-0.2, 0) is 6.54 Å². The van der Waals surface area contributed by atoms with Crippen LogP contribution in [0.2, 0.25) is 0 Å². The molecule has 0 saturated carbocycles. The molecule has 0 spiro atoms. The molecule has 0 unspecified atom stereocenters. The van der Waals surface area contributed by atoms with Crippen LogP contribution in [0.25, 0.3) is 10.6 Å². The molecule has 0 atom stereocenters. The molecule has 2 aromatic rings. The number of para-hydroxylation sites is 1. The molecule has 0 saturated heterocycles. The second-order valence-corrected chi connectivity index (χ2v) is 4.31. The maximum Gasteiger partial charge on any atom is 0.279 e. The summed E-state index contributed by atoms with van der Waals surface area (Å²) in [7, 11) is 1.84. The smallest absolute Gasteiger partial charge is 0.279 e. The van der Waals surface area contributed by atoms with Gasteiger partial charge in [0.2, 0.25) is 0 Å². The van der Waals surface area contributed by atoms with Crippen molar-refractivity contribution in [2.75, 3.05) is 7.05 Å². The molecule has 0 fully saturated rings. The summed E-state index contributed by atoms with van der Waals surface area (Å²) in [6, 6.07) is 6.65. The van der Waals surface area contributed by atoms with E-state index in [-0.39, 0.29) is 10.6 Å². The van der Waals surface area contributed by atoms with Crippen LogP contribution in [0.5, 0.6) is 0 Å². The van der Waals surface area contributed by atoms with Crippen molar-refractivity contribution in [2.45, 2.75) is 6.54 Å². The Hall–Kier alpha value is -1.79. The van der Waals surface area contributed by atoms with E-state index in [0.717, 1.165) is 5.69 Å². The monoisotopic (exact) mass is 249 g/mol. The average molecular weight is 249 g/mol. The van der Waals surface area contributed by atoms with Crippen molar-refractivity contribution >= 4 is 17.0 Å². The van der Waals surface area contributed by atoms with Crippen molar-refractivity contribution in [3.63, 3.8) is 0 Å². The van der Waals surface area contributed by atoms with Crippen molar-refractivity contribution in [1.82, 2.24) is 10.3 Å². The lowest BCUT2D eigenvalue weighted by Crippen LogP contribution is -2.04. The highest BCUT2D eigenvalue weighted by atomic mass is 32.1. The number of thiazole rings is 1. The zero-order valence-electron chi connectivity index (χ0n) is 9.21. The summed E-state index contributed by atoms with van der Waals surface area (Å²) in [4.78, 5) is 14.9. The molecule has 0 bridgehead atoms. The molecule has 1 aromatic carbocycles. The summed E-state index contributed by atoms with van der Waals surface area (Å²) in [5.74, 6) is 0. The van der Waals surface area contributed by atoms with E-state index in [1.54, 1.807) is 18.2 Å². The first-order valence-corrected chi connectivity index (χ1v) is 5.93. The van der Waals surface area contributed by atoms with Gasteiger partial charge in [0.15, 0.2) is 0 Å². The quantitative estimate of drug-likeness (QED) is 0.667. The second kappa shape index (κ2) is 5.03. The molecule has 0 radical (unpaired) electrons. The van der Waals surface area contributed by atoms with Crippen molar-refractivity contribution in [3.8, 4) is 10.6 Å². The number of hydrogen-bond donors (Lipinski definition) is 1.